The van der Waals surface area contributed by atoms with E-state index in [0.717, 1.165) is 42.9 Å². The van der Waals surface area contributed by atoms with Crippen LogP contribution in [0.4, 0.5) is 11.4 Å². The standard InChI is InChI=1S/C15H21N3O/c1-3-18(9-10-19-4-2)15-7-8-17-14-11-12(16)5-6-13(14)15/h5-8,11H,3-4,9-10,16H2,1-2H3. The topological polar surface area (TPSA) is 51.4 Å². The molecule has 1 heterocycles. The van der Waals surface area contributed by atoms with Crippen LogP contribution in [0, 0.1) is 0 Å². The molecular weight excluding hydrogens is 238 g/mol. The highest BCUT2D eigenvalue weighted by molar-refractivity contribution is 5.93. The number of anilines is 2. The van der Waals surface area contributed by atoms with E-state index in [1.54, 1.807) is 0 Å². The molecular formula is C15H21N3O. The largest absolute Gasteiger partial charge is 0.399 e. The summed E-state index contributed by atoms with van der Waals surface area (Å²) >= 11 is 0. The average molecular weight is 259 g/mol. The van der Waals surface area contributed by atoms with E-state index < -0.39 is 0 Å². The Morgan fingerprint density at radius 3 is 2.84 bits per heavy atom. The van der Waals surface area contributed by atoms with Gasteiger partial charge in [0, 0.05) is 42.7 Å². The lowest BCUT2D eigenvalue weighted by Gasteiger charge is -2.24. The molecule has 4 nitrogen and oxygen atoms in total. The number of likely N-dealkylation sites (N-methyl/N-ethyl adjacent to an activating group) is 1. The molecule has 2 N–H and O–H groups in total. The minimum Gasteiger partial charge on any atom is -0.399 e. The summed E-state index contributed by atoms with van der Waals surface area (Å²) in [6.45, 7) is 7.48. The van der Waals surface area contributed by atoms with Crippen LogP contribution < -0.4 is 10.6 Å². The Balaban J connectivity index is 2.31. The zero-order valence-electron chi connectivity index (χ0n) is 11.6. The Kier molecular flexibility index (Phi) is 4.58. The van der Waals surface area contributed by atoms with Crippen LogP contribution in [-0.4, -0.2) is 31.3 Å². The third kappa shape index (κ3) is 3.15. The van der Waals surface area contributed by atoms with E-state index >= 15 is 0 Å². The van der Waals surface area contributed by atoms with Crippen molar-refractivity contribution in [3.05, 3.63) is 30.5 Å². The number of ether oxygens (including phenoxy) is 1. The third-order valence-electron chi connectivity index (χ3n) is 3.18. The first-order valence-corrected chi connectivity index (χ1v) is 6.73. The van der Waals surface area contributed by atoms with Gasteiger partial charge in [-0.15, -0.1) is 0 Å². The minimum atomic E-state index is 0.739. The Labute approximate surface area is 114 Å². The molecule has 19 heavy (non-hydrogen) atoms. The van der Waals surface area contributed by atoms with E-state index in [1.165, 1.54) is 5.69 Å². The lowest BCUT2D eigenvalue weighted by molar-refractivity contribution is 0.154. The number of nitrogens with two attached hydrogens (primary N) is 1. The molecule has 0 aliphatic carbocycles. The van der Waals surface area contributed by atoms with Crippen LogP contribution in [0.3, 0.4) is 0 Å². The summed E-state index contributed by atoms with van der Waals surface area (Å²) in [5.74, 6) is 0. The normalized spacial score (nSPS) is 10.8. The van der Waals surface area contributed by atoms with Gasteiger partial charge in [-0.2, -0.15) is 0 Å². The van der Waals surface area contributed by atoms with Gasteiger partial charge < -0.3 is 15.4 Å². The summed E-state index contributed by atoms with van der Waals surface area (Å²) in [5, 5.41) is 1.13. The molecule has 0 aliphatic rings. The molecule has 0 saturated carbocycles. The van der Waals surface area contributed by atoms with E-state index in [0.29, 0.717) is 0 Å². The van der Waals surface area contributed by atoms with Crippen molar-refractivity contribution < 1.29 is 4.74 Å². The summed E-state index contributed by atoms with van der Waals surface area (Å²) in [6.07, 6.45) is 1.83. The smallest absolute Gasteiger partial charge is 0.0743 e. The predicted molar refractivity (Wildman–Crippen MR) is 80.5 cm³/mol. The van der Waals surface area contributed by atoms with Crippen LogP contribution in [0.5, 0.6) is 0 Å². The molecule has 2 rings (SSSR count). The highest BCUT2D eigenvalue weighted by Gasteiger charge is 2.09. The molecule has 1 aromatic heterocycles. The summed E-state index contributed by atoms with van der Waals surface area (Å²) in [6, 6.07) is 7.92. The van der Waals surface area contributed by atoms with E-state index in [9.17, 15) is 0 Å². The van der Waals surface area contributed by atoms with Gasteiger partial charge in [-0.3, -0.25) is 4.98 Å². The lowest BCUT2D eigenvalue weighted by Crippen LogP contribution is -2.27. The van der Waals surface area contributed by atoms with Crippen LogP contribution in [0.1, 0.15) is 13.8 Å². The highest BCUT2D eigenvalue weighted by Crippen LogP contribution is 2.26. The number of aromatic nitrogens is 1. The first-order valence-electron chi connectivity index (χ1n) is 6.73. The second-order valence-corrected chi connectivity index (χ2v) is 4.38. The molecule has 0 spiro atoms. The zero-order chi connectivity index (χ0) is 13.7. The highest BCUT2D eigenvalue weighted by atomic mass is 16.5. The van der Waals surface area contributed by atoms with Crippen molar-refractivity contribution in [3.63, 3.8) is 0 Å². The SMILES string of the molecule is CCOCCN(CC)c1ccnc2cc(N)ccc12. The number of hydrogen-bond acceptors (Lipinski definition) is 4. The fourth-order valence-corrected chi connectivity index (χ4v) is 2.19. The summed E-state index contributed by atoms with van der Waals surface area (Å²) in [5.41, 5.74) is 8.68. The molecule has 102 valence electrons. The molecule has 0 atom stereocenters. The molecule has 0 fully saturated rings. The van der Waals surface area contributed by atoms with Gasteiger partial charge in [0.25, 0.3) is 0 Å². The molecule has 4 heteroatoms. The molecule has 0 saturated heterocycles. The molecule has 0 bridgehead atoms. The van der Waals surface area contributed by atoms with Crippen LogP contribution in [-0.2, 0) is 4.74 Å². The van der Waals surface area contributed by atoms with Gasteiger partial charge in [0.2, 0.25) is 0 Å². The van der Waals surface area contributed by atoms with Crippen molar-refractivity contribution in [3.8, 4) is 0 Å². The van der Waals surface area contributed by atoms with Crippen LogP contribution >= 0.6 is 0 Å². The van der Waals surface area contributed by atoms with Gasteiger partial charge >= 0.3 is 0 Å². The summed E-state index contributed by atoms with van der Waals surface area (Å²) in [7, 11) is 0. The van der Waals surface area contributed by atoms with Gasteiger partial charge in [-0.1, -0.05) is 0 Å². The quantitative estimate of drug-likeness (QED) is 0.640. The van der Waals surface area contributed by atoms with Gasteiger partial charge in [-0.05, 0) is 38.1 Å². The molecule has 2 aromatic rings. The van der Waals surface area contributed by atoms with Crippen molar-refractivity contribution in [2.45, 2.75) is 13.8 Å². The van der Waals surface area contributed by atoms with E-state index in [4.69, 9.17) is 10.5 Å². The molecule has 0 amide bonds. The number of benzene rings is 1. The van der Waals surface area contributed by atoms with Crippen molar-refractivity contribution in [2.75, 3.05) is 36.9 Å². The van der Waals surface area contributed by atoms with Crippen LogP contribution in [0.25, 0.3) is 10.9 Å². The maximum absolute atomic E-state index is 5.81. The van der Waals surface area contributed by atoms with E-state index in [1.807, 2.05) is 37.4 Å². The average Bonchev–Trinajstić information content (AvgIpc) is 2.43. The molecule has 0 radical (unpaired) electrons. The number of pyridine rings is 1. The van der Waals surface area contributed by atoms with Crippen molar-refractivity contribution in [1.29, 1.82) is 0 Å². The number of fused-ring (bicyclic) bond motifs is 1. The number of hydrogen-bond donors (Lipinski definition) is 1. The van der Waals surface area contributed by atoms with Crippen molar-refractivity contribution in [1.82, 2.24) is 4.98 Å². The second-order valence-electron chi connectivity index (χ2n) is 4.38. The maximum Gasteiger partial charge on any atom is 0.0743 e. The number of rotatable bonds is 6. The first kappa shape index (κ1) is 13.6. The minimum absolute atomic E-state index is 0.739. The van der Waals surface area contributed by atoms with E-state index in [2.05, 4.69) is 16.8 Å². The predicted octanol–water partition coefficient (Wildman–Crippen LogP) is 2.68. The zero-order valence-corrected chi connectivity index (χ0v) is 11.6. The summed E-state index contributed by atoms with van der Waals surface area (Å²) in [4.78, 5) is 6.68. The molecule has 0 aliphatic heterocycles. The second kappa shape index (κ2) is 6.38. The number of nitrogens with zero attached hydrogens (tertiary/aromatic N) is 2. The van der Waals surface area contributed by atoms with Crippen molar-refractivity contribution >= 4 is 22.3 Å². The van der Waals surface area contributed by atoms with Crippen LogP contribution in [0.15, 0.2) is 30.5 Å². The van der Waals surface area contributed by atoms with Gasteiger partial charge in [0.05, 0.1) is 12.1 Å². The Bertz CT molecular complexity index is 542. The van der Waals surface area contributed by atoms with Gasteiger partial charge in [0.15, 0.2) is 0 Å². The Morgan fingerprint density at radius 2 is 2.11 bits per heavy atom. The van der Waals surface area contributed by atoms with Gasteiger partial charge in [0.1, 0.15) is 0 Å². The third-order valence-corrected chi connectivity index (χ3v) is 3.18. The monoisotopic (exact) mass is 259 g/mol. The van der Waals surface area contributed by atoms with E-state index in [-0.39, 0.29) is 0 Å². The fourth-order valence-electron chi connectivity index (χ4n) is 2.19. The first-order chi connectivity index (χ1) is 9.26. The fraction of sp³-hybridized carbons (Fsp3) is 0.400. The molecule has 0 unspecified atom stereocenters. The number of nitrogen functional groups attached to an aromatic ring is 1. The molecule has 1 aromatic carbocycles. The summed E-state index contributed by atoms with van der Waals surface area (Å²) < 4.78 is 5.44. The van der Waals surface area contributed by atoms with Crippen molar-refractivity contribution in [2.24, 2.45) is 0 Å². The Morgan fingerprint density at radius 1 is 1.26 bits per heavy atom. The van der Waals surface area contributed by atoms with Gasteiger partial charge in [-0.25, -0.2) is 0 Å². The Hall–Kier alpha value is -1.81. The lowest BCUT2D eigenvalue weighted by atomic mass is 10.1. The maximum atomic E-state index is 5.81. The van der Waals surface area contributed by atoms with Crippen LogP contribution in [0.2, 0.25) is 0 Å².